The number of hydrogen-bond acceptors (Lipinski definition) is 4. The van der Waals surface area contributed by atoms with E-state index < -0.39 is 11.8 Å². The van der Waals surface area contributed by atoms with E-state index in [9.17, 15) is 14.0 Å². The molecule has 0 unspecified atom stereocenters. The zero-order valence-corrected chi connectivity index (χ0v) is 17.4. The lowest BCUT2D eigenvalue weighted by atomic mass is 10.0. The third-order valence-electron chi connectivity index (χ3n) is 5.33. The number of hydrogen-bond donors (Lipinski definition) is 2. The number of benzene rings is 1. The van der Waals surface area contributed by atoms with Crippen molar-refractivity contribution in [1.82, 2.24) is 14.7 Å². The maximum absolute atomic E-state index is 13.3. The number of furan rings is 1. The van der Waals surface area contributed by atoms with E-state index in [2.05, 4.69) is 15.7 Å². The number of nitrogens with zero attached hydrogens (tertiary/aromatic N) is 3. The van der Waals surface area contributed by atoms with Gasteiger partial charge in [-0.3, -0.25) is 10.1 Å². The molecule has 0 saturated carbocycles. The van der Waals surface area contributed by atoms with E-state index in [1.807, 2.05) is 19.9 Å². The van der Waals surface area contributed by atoms with E-state index in [1.165, 1.54) is 18.2 Å². The Morgan fingerprint density at radius 2 is 1.90 bits per heavy atom. The van der Waals surface area contributed by atoms with Gasteiger partial charge in [-0.05, 0) is 51.0 Å². The van der Waals surface area contributed by atoms with E-state index in [0.29, 0.717) is 43.2 Å². The normalized spacial score (nSPS) is 14.5. The lowest BCUT2D eigenvalue weighted by Gasteiger charge is -2.32. The molecule has 1 aliphatic rings. The average molecular weight is 425 g/mol. The molecule has 3 aromatic rings. The molecule has 0 atom stereocenters. The molecule has 3 heterocycles. The molecule has 0 spiro atoms. The molecule has 2 N–H and O–H groups in total. The van der Waals surface area contributed by atoms with Crippen LogP contribution in [0.25, 0.3) is 0 Å². The second kappa shape index (κ2) is 8.63. The van der Waals surface area contributed by atoms with Gasteiger partial charge >= 0.3 is 6.03 Å². The van der Waals surface area contributed by atoms with E-state index >= 15 is 0 Å². The zero-order chi connectivity index (χ0) is 22.0. The molecule has 1 aliphatic heterocycles. The number of carbonyl (C=O) groups is 2. The summed E-state index contributed by atoms with van der Waals surface area (Å²) in [5.41, 5.74) is 1.20. The minimum Gasteiger partial charge on any atom is -0.456 e. The van der Waals surface area contributed by atoms with Crippen LogP contribution in [-0.4, -0.2) is 39.7 Å². The number of carbonyl (C=O) groups excluding carboxylic acids is 2. The van der Waals surface area contributed by atoms with Crippen molar-refractivity contribution in [2.24, 2.45) is 0 Å². The SMILES string of the molecule is Cc1cc(C)c(C(=O)N2CCC(n3nccc3NC(=O)Nc3cccc(F)c3)CC2)o1. The third-order valence-corrected chi connectivity index (χ3v) is 5.33. The zero-order valence-electron chi connectivity index (χ0n) is 17.4. The van der Waals surface area contributed by atoms with Crippen LogP contribution in [0.3, 0.4) is 0 Å². The summed E-state index contributed by atoms with van der Waals surface area (Å²) in [4.78, 5) is 26.9. The maximum Gasteiger partial charge on any atom is 0.324 e. The van der Waals surface area contributed by atoms with Crippen LogP contribution in [0.15, 0.2) is 47.0 Å². The topological polar surface area (TPSA) is 92.4 Å². The van der Waals surface area contributed by atoms with Crippen molar-refractivity contribution in [3.8, 4) is 0 Å². The lowest BCUT2D eigenvalue weighted by molar-refractivity contribution is 0.0656. The minimum absolute atomic E-state index is 0.0444. The number of amides is 3. The molecule has 9 heteroatoms. The Bertz CT molecular complexity index is 1100. The van der Waals surface area contributed by atoms with Crippen molar-refractivity contribution < 1.29 is 18.4 Å². The van der Waals surface area contributed by atoms with E-state index in [4.69, 9.17) is 4.42 Å². The lowest BCUT2D eigenvalue weighted by Crippen LogP contribution is -2.39. The summed E-state index contributed by atoms with van der Waals surface area (Å²) < 4.78 is 20.6. The maximum atomic E-state index is 13.3. The van der Waals surface area contributed by atoms with Gasteiger partial charge in [0, 0.05) is 30.4 Å². The van der Waals surface area contributed by atoms with E-state index in [-0.39, 0.29) is 11.9 Å². The first-order chi connectivity index (χ1) is 14.9. The molecule has 4 rings (SSSR count). The highest BCUT2D eigenvalue weighted by molar-refractivity contribution is 5.99. The summed E-state index contributed by atoms with van der Waals surface area (Å²) in [5.74, 6) is 1.13. The van der Waals surface area contributed by atoms with Crippen LogP contribution in [-0.2, 0) is 0 Å². The van der Waals surface area contributed by atoms with Crippen LogP contribution in [0.5, 0.6) is 0 Å². The predicted molar refractivity (Wildman–Crippen MR) is 114 cm³/mol. The van der Waals surface area contributed by atoms with Gasteiger partial charge in [-0.25, -0.2) is 13.9 Å². The first kappa shape index (κ1) is 20.6. The van der Waals surface area contributed by atoms with Crippen molar-refractivity contribution in [2.45, 2.75) is 32.7 Å². The highest BCUT2D eigenvalue weighted by Gasteiger charge is 2.28. The Hall–Kier alpha value is -3.62. The molecule has 0 radical (unpaired) electrons. The van der Waals surface area contributed by atoms with Gasteiger partial charge in [0.1, 0.15) is 17.4 Å². The fourth-order valence-electron chi connectivity index (χ4n) is 3.86. The molecule has 162 valence electrons. The Balaban J connectivity index is 1.36. The number of aromatic nitrogens is 2. The molecular weight excluding hydrogens is 401 g/mol. The number of nitrogens with one attached hydrogen (secondary N) is 2. The molecule has 1 fully saturated rings. The molecule has 1 saturated heterocycles. The van der Waals surface area contributed by atoms with Crippen LogP contribution in [0.4, 0.5) is 20.7 Å². The number of piperidine rings is 1. The van der Waals surface area contributed by atoms with Crippen LogP contribution >= 0.6 is 0 Å². The van der Waals surface area contributed by atoms with Gasteiger partial charge in [-0.15, -0.1) is 0 Å². The van der Waals surface area contributed by atoms with E-state index in [0.717, 1.165) is 11.3 Å². The fraction of sp³-hybridized carbons (Fsp3) is 0.318. The number of urea groups is 1. The van der Waals surface area contributed by atoms with Crippen LogP contribution in [0.1, 0.15) is 40.8 Å². The summed E-state index contributed by atoms with van der Waals surface area (Å²) in [6.07, 6.45) is 3.02. The number of aryl methyl sites for hydroxylation is 2. The van der Waals surface area contributed by atoms with Crippen molar-refractivity contribution in [3.05, 3.63) is 65.5 Å². The van der Waals surface area contributed by atoms with Crippen molar-refractivity contribution in [3.63, 3.8) is 0 Å². The van der Waals surface area contributed by atoms with Gasteiger partial charge in [0.15, 0.2) is 5.76 Å². The van der Waals surface area contributed by atoms with Crippen LogP contribution in [0.2, 0.25) is 0 Å². The summed E-state index contributed by atoms with van der Waals surface area (Å²) in [7, 11) is 0. The van der Waals surface area contributed by atoms with Gasteiger partial charge in [0.25, 0.3) is 5.91 Å². The first-order valence-electron chi connectivity index (χ1n) is 10.1. The van der Waals surface area contributed by atoms with Gasteiger partial charge < -0.3 is 14.6 Å². The molecule has 2 aromatic heterocycles. The average Bonchev–Trinajstić information content (AvgIpc) is 3.33. The highest BCUT2D eigenvalue weighted by Crippen LogP contribution is 2.27. The summed E-state index contributed by atoms with van der Waals surface area (Å²) in [5, 5.41) is 9.71. The molecular formula is C22H24FN5O3. The molecule has 3 amide bonds. The number of anilines is 2. The Labute approximate surface area is 179 Å². The number of rotatable bonds is 4. The summed E-state index contributed by atoms with van der Waals surface area (Å²) in [6, 6.07) is 8.81. The molecule has 0 bridgehead atoms. The Morgan fingerprint density at radius 3 is 2.58 bits per heavy atom. The van der Waals surface area contributed by atoms with Crippen LogP contribution in [0, 0.1) is 19.7 Å². The highest BCUT2D eigenvalue weighted by atomic mass is 19.1. The standard InChI is InChI=1S/C22H24FN5O3/c1-14-12-15(2)31-20(14)21(29)27-10-7-18(8-11-27)28-19(6-9-24-28)26-22(30)25-17-5-3-4-16(23)13-17/h3-6,9,12-13,18H,7-8,10-11H2,1-2H3,(H2,25,26,30). The summed E-state index contributed by atoms with van der Waals surface area (Å²) >= 11 is 0. The number of likely N-dealkylation sites (tertiary alicyclic amines) is 1. The van der Waals surface area contributed by atoms with Gasteiger partial charge in [-0.1, -0.05) is 6.07 Å². The first-order valence-corrected chi connectivity index (χ1v) is 10.1. The summed E-state index contributed by atoms with van der Waals surface area (Å²) in [6.45, 7) is 4.83. The third kappa shape index (κ3) is 4.60. The fourth-order valence-corrected chi connectivity index (χ4v) is 3.86. The van der Waals surface area contributed by atoms with Crippen molar-refractivity contribution >= 4 is 23.4 Å². The minimum atomic E-state index is -0.483. The van der Waals surface area contributed by atoms with Gasteiger partial charge in [-0.2, -0.15) is 5.10 Å². The van der Waals surface area contributed by atoms with Gasteiger partial charge in [0.05, 0.1) is 12.2 Å². The Morgan fingerprint density at radius 1 is 1.13 bits per heavy atom. The van der Waals surface area contributed by atoms with Crippen molar-refractivity contribution in [1.29, 1.82) is 0 Å². The predicted octanol–water partition coefficient (Wildman–Crippen LogP) is 4.35. The quantitative estimate of drug-likeness (QED) is 0.650. The van der Waals surface area contributed by atoms with Crippen LogP contribution < -0.4 is 10.6 Å². The molecule has 31 heavy (non-hydrogen) atoms. The second-order valence-electron chi connectivity index (χ2n) is 7.64. The molecule has 0 aliphatic carbocycles. The Kier molecular flexibility index (Phi) is 5.75. The number of halogens is 1. The second-order valence-corrected chi connectivity index (χ2v) is 7.64. The van der Waals surface area contributed by atoms with Gasteiger partial charge in [0.2, 0.25) is 0 Å². The smallest absolute Gasteiger partial charge is 0.324 e. The van der Waals surface area contributed by atoms with Crippen molar-refractivity contribution in [2.75, 3.05) is 23.7 Å². The van der Waals surface area contributed by atoms with E-state index in [1.54, 1.807) is 27.9 Å². The largest absolute Gasteiger partial charge is 0.456 e. The monoisotopic (exact) mass is 425 g/mol. The molecule has 1 aromatic carbocycles. The molecule has 8 nitrogen and oxygen atoms in total.